The number of halogens is 2. The predicted octanol–water partition coefficient (Wildman–Crippen LogP) is 1.65. The van der Waals surface area contributed by atoms with E-state index in [2.05, 4.69) is 5.43 Å². The van der Waals surface area contributed by atoms with Crippen LogP contribution in [0.1, 0.15) is 24.4 Å². The zero-order chi connectivity index (χ0) is 11.5. The fraction of sp³-hybridized carbons (Fsp3) is 0.455. The Kier molecular flexibility index (Phi) is 3.48. The van der Waals surface area contributed by atoms with Gasteiger partial charge >= 0.3 is 0 Å². The van der Waals surface area contributed by atoms with Crippen molar-refractivity contribution in [3.8, 4) is 0 Å². The van der Waals surface area contributed by atoms with Gasteiger partial charge in [0.1, 0.15) is 11.6 Å². The second kappa shape index (κ2) is 4.86. The van der Waals surface area contributed by atoms with Crippen LogP contribution in [0, 0.1) is 11.6 Å². The fourth-order valence-corrected chi connectivity index (χ4v) is 2.04. The first-order valence-electron chi connectivity index (χ1n) is 5.24. The lowest BCUT2D eigenvalue weighted by Crippen LogP contribution is -2.36. The molecule has 1 aromatic carbocycles. The second-order valence-electron chi connectivity index (χ2n) is 3.90. The lowest BCUT2D eigenvalue weighted by molar-refractivity contribution is 0.0782. The molecule has 88 valence electrons. The van der Waals surface area contributed by atoms with Gasteiger partial charge in [-0.1, -0.05) is 0 Å². The molecule has 1 aromatic rings. The summed E-state index contributed by atoms with van der Waals surface area (Å²) in [6, 6.07) is 3.02. The molecule has 1 heterocycles. The molecule has 1 saturated heterocycles. The SMILES string of the molecule is NNC(c1cc(F)cc(F)c1)C1CCCO1. The molecule has 3 nitrogen and oxygen atoms in total. The normalized spacial score (nSPS) is 22.3. The Hall–Kier alpha value is -1.04. The summed E-state index contributed by atoms with van der Waals surface area (Å²) >= 11 is 0. The molecular formula is C11H14F2N2O. The molecule has 0 spiro atoms. The molecule has 0 bridgehead atoms. The molecule has 1 aliphatic rings. The van der Waals surface area contributed by atoms with E-state index < -0.39 is 11.6 Å². The first kappa shape index (κ1) is 11.4. The molecule has 0 radical (unpaired) electrons. The summed E-state index contributed by atoms with van der Waals surface area (Å²) in [6.07, 6.45) is 1.67. The van der Waals surface area contributed by atoms with Crippen LogP contribution in [-0.2, 0) is 4.74 Å². The second-order valence-corrected chi connectivity index (χ2v) is 3.90. The van der Waals surface area contributed by atoms with Crippen molar-refractivity contribution < 1.29 is 13.5 Å². The Balaban J connectivity index is 2.24. The summed E-state index contributed by atoms with van der Waals surface area (Å²) in [6.45, 7) is 0.667. The summed E-state index contributed by atoms with van der Waals surface area (Å²) < 4.78 is 31.6. The number of ether oxygens (including phenoxy) is 1. The van der Waals surface area contributed by atoms with Gasteiger partial charge in [-0.2, -0.15) is 0 Å². The first-order chi connectivity index (χ1) is 7.70. The van der Waals surface area contributed by atoms with Gasteiger partial charge in [0, 0.05) is 12.7 Å². The molecule has 1 aliphatic heterocycles. The number of rotatable bonds is 3. The van der Waals surface area contributed by atoms with Crippen LogP contribution in [0.25, 0.3) is 0 Å². The van der Waals surface area contributed by atoms with Gasteiger partial charge in [0.05, 0.1) is 12.1 Å². The minimum absolute atomic E-state index is 0.119. The maximum Gasteiger partial charge on any atom is 0.126 e. The summed E-state index contributed by atoms with van der Waals surface area (Å²) in [5.74, 6) is 4.20. The average Bonchev–Trinajstić information content (AvgIpc) is 2.70. The van der Waals surface area contributed by atoms with Crippen molar-refractivity contribution in [2.75, 3.05) is 6.61 Å². The predicted molar refractivity (Wildman–Crippen MR) is 55.4 cm³/mol. The van der Waals surface area contributed by atoms with Crippen LogP contribution in [-0.4, -0.2) is 12.7 Å². The molecular weight excluding hydrogens is 214 g/mol. The van der Waals surface area contributed by atoms with Crippen LogP contribution in [0.2, 0.25) is 0 Å². The van der Waals surface area contributed by atoms with E-state index in [1.165, 1.54) is 12.1 Å². The monoisotopic (exact) mass is 228 g/mol. The van der Waals surface area contributed by atoms with Gasteiger partial charge in [-0.25, -0.2) is 8.78 Å². The molecule has 0 aliphatic carbocycles. The topological polar surface area (TPSA) is 47.3 Å². The zero-order valence-electron chi connectivity index (χ0n) is 8.75. The van der Waals surface area contributed by atoms with Gasteiger partial charge in [-0.05, 0) is 30.5 Å². The van der Waals surface area contributed by atoms with E-state index in [0.29, 0.717) is 12.2 Å². The zero-order valence-corrected chi connectivity index (χ0v) is 8.75. The Labute approximate surface area is 92.6 Å². The molecule has 0 aromatic heterocycles. The highest BCUT2D eigenvalue weighted by atomic mass is 19.1. The van der Waals surface area contributed by atoms with Crippen LogP contribution in [0.15, 0.2) is 18.2 Å². The maximum absolute atomic E-state index is 13.1. The van der Waals surface area contributed by atoms with Crippen molar-refractivity contribution in [3.05, 3.63) is 35.4 Å². The number of nitrogens with two attached hydrogens (primary N) is 1. The van der Waals surface area contributed by atoms with Crippen LogP contribution >= 0.6 is 0 Å². The Morgan fingerprint density at radius 3 is 2.50 bits per heavy atom. The van der Waals surface area contributed by atoms with E-state index in [9.17, 15) is 8.78 Å². The van der Waals surface area contributed by atoms with Crippen LogP contribution in [0.5, 0.6) is 0 Å². The van der Waals surface area contributed by atoms with Crippen molar-refractivity contribution in [1.82, 2.24) is 5.43 Å². The number of hydrogen-bond donors (Lipinski definition) is 2. The van der Waals surface area contributed by atoms with Crippen molar-refractivity contribution in [2.24, 2.45) is 5.84 Å². The quantitative estimate of drug-likeness (QED) is 0.611. The highest BCUT2D eigenvalue weighted by Gasteiger charge is 2.27. The minimum atomic E-state index is -0.603. The van der Waals surface area contributed by atoms with Gasteiger partial charge in [-0.15, -0.1) is 0 Å². The molecule has 2 unspecified atom stereocenters. The van der Waals surface area contributed by atoms with E-state index in [1.807, 2.05) is 0 Å². The molecule has 16 heavy (non-hydrogen) atoms. The number of benzene rings is 1. The Bertz CT molecular complexity index is 347. The Morgan fingerprint density at radius 1 is 1.31 bits per heavy atom. The van der Waals surface area contributed by atoms with E-state index in [-0.39, 0.29) is 12.1 Å². The molecule has 0 saturated carbocycles. The van der Waals surface area contributed by atoms with Gasteiger partial charge < -0.3 is 4.74 Å². The van der Waals surface area contributed by atoms with Crippen LogP contribution in [0.4, 0.5) is 8.78 Å². The summed E-state index contributed by atoms with van der Waals surface area (Å²) in [4.78, 5) is 0. The third-order valence-electron chi connectivity index (χ3n) is 2.76. The number of hydrazine groups is 1. The van der Waals surface area contributed by atoms with Crippen LogP contribution in [0.3, 0.4) is 0 Å². The standard InChI is InChI=1S/C11H14F2N2O/c12-8-4-7(5-9(13)6-8)11(15-14)10-2-1-3-16-10/h4-6,10-11,15H,1-3,14H2. The molecule has 0 amide bonds. The van der Waals surface area contributed by atoms with Gasteiger partial charge in [0.25, 0.3) is 0 Å². The van der Waals surface area contributed by atoms with Crippen molar-refractivity contribution in [3.63, 3.8) is 0 Å². The molecule has 2 atom stereocenters. The smallest absolute Gasteiger partial charge is 0.126 e. The van der Waals surface area contributed by atoms with E-state index >= 15 is 0 Å². The lowest BCUT2D eigenvalue weighted by atomic mass is 10.00. The lowest BCUT2D eigenvalue weighted by Gasteiger charge is -2.22. The molecule has 1 fully saturated rings. The van der Waals surface area contributed by atoms with Crippen molar-refractivity contribution >= 4 is 0 Å². The van der Waals surface area contributed by atoms with Crippen LogP contribution < -0.4 is 11.3 Å². The van der Waals surface area contributed by atoms with Crippen molar-refractivity contribution in [2.45, 2.75) is 25.0 Å². The van der Waals surface area contributed by atoms with E-state index in [4.69, 9.17) is 10.6 Å². The highest BCUT2D eigenvalue weighted by Crippen LogP contribution is 2.27. The van der Waals surface area contributed by atoms with E-state index in [1.54, 1.807) is 0 Å². The van der Waals surface area contributed by atoms with E-state index in [0.717, 1.165) is 18.9 Å². The summed E-state index contributed by atoms with van der Waals surface area (Å²) in [5.41, 5.74) is 3.04. The number of nitrogens with one attached hydrogen (secondary N) is 1. The maximum atomic E-state index is 13.1. The largest absolute Gasteiger partial charge is 0.376 e. The van der Waals surface area contributed by atoms with Crippen molar-refractivity contribution in [1.29, 1.82) is 0 Å². The van der Waals surface area contributed by atoms with Gasteiger partial charge in [0.15, 0.2) is 0 Å². The number of hydrogen-bond acceptors (Lipinski definition) is 3. The third kappa shape index (κ3) is 2.37. The fourth-order valence-electron chi connectivity index (χ4n) is 2.04. The average molecular weight is 228 g/mol. The Morgan fingerprint density at radius 2 is 2.00 bits per heavy atom. The minimum Gasteiger partial charge on any atom is -0.376 e. The molecule has 3 N–H and O–H groups in total. The molecule has 5 heteroatoms. The summed E-state index contributed by atoms with van der Waals surface area (Å²) in [7, 11) is 0. The summed E-state index contributed by atoms with van der Waals surface area (Å²) in [5, 5.41) is 0. The third-order valence-corrected chi connectivity index (χ3v) is 2.76. The van der Waals surface area contributed by atoms with Gasteiger partial charge in [-0.3, -0.25) is 11.3 Å². The highest BCUT2D eigenvalue weighted by molar-refractivity contribution is 5.22. The van der Waals surface area contributed by atoms with Gasteiger partial charge in [0.2, 0.25) is 0 Å². The molecule has 2 rings (SSSR count). The first-order valence-corrected chi connectivity index (χ1v) is 5.24.